The lowest BCUT2D eigenvalue weighted by Crippen LogP contribution is -2.47. The number of hydrogen-bond donors (Lipinski definition) is 0. The molecular formula is C32H27Cl2F2N5O4. The van der Waals surface area contributed by atoms with Crippen LogP contribution in [0.3, 0.4) is 0 Å². The normalized spacial score (nSPS) is 18.4. The van der Waals surface area contributed by atoms with Crippen LogP contribution in [0.1, 0.15) is 36.1 Å². The number of nitro benzene ring substituents is 2. The molecule has 4 aromatic carbocycles. The van der Waals surface area contributed by atoms with Crippen molar-refractivity contribution in [2.24, 2.45) is 0 Å². The Kier molecular flexibility index (Phi) is 8.48. The molecule has 2 saturated heterocycles. The predicted molar refractivity (Wildman–Crippen MR) is 171 cm³/mol. The smallest absolute Gasteiger partial charge is 0.288 e. The molecular weight excluding hydrogens is 627 g/mol. The molecule has 0 saturated carbocycles. The second-order valence-electron chi connectivity index (χ2n) is 11.0. The molecule has 0 aromatic heterocycles. The summed E-state index contributed by atoms with van der Waals surface area (Å²) in [6.45, 7) is 2.01. The lowest BCUT2D eigenvalue weighted by Gasteiger charge is -2.38. The van der Waals surface area contributed by atoms with Gasteiger partial charge in [0, 0.05) is 49.7 Å². The molecule has 2 atom stereocenters. The number of piperazine rings is 1. The summed E-state index contributed by atoms with van der Waals surface area (Å²) in [5.74, 6) is -1.49. The third-order valence-electron chi connectivity index (χ3n) is 8.51. The van der Waals surface area contributed by atoms with Crippen LogP contribution in [0.25, 0.3) is 0 Å². The molecule has 45 heavy (non-hydrogen) atoms. The van der Waals surface area contributed by atoms with Gasteiger partial charge in [-0.05, 0) is 60.4 Å². The molecule has 0 unspecified atom stereocenters. The lowest BCUT2D eigenvalue weighted by molar-refractivity contribution is -0.384. The number of nitro groups is 2. The van der Waals surface area contributed by atoms with Crippen LogP contribution in [0, 0.1) is 31.9 Å². The van der Waals surface area contributed by atoms with Crippen LogP contribution in [0.4, 0.5) is 37.2 Å². The standard InChI is InChI=1S/C32H27Cl2F2N5O4/c33-24-8-6-20(16-30(24)40(42)43)28-10-11-29(21-7-9-25(34)31(17-21)41(44)45)39(28)23-18-26(35)32(27(36)19-23)38-14-12-37(13-15-38)22-4-2-1-3-5-22/h1-9,16-19,28-29H,10-15H2/t28-,29-/m1/s1. The minimum absolute atomic E-state index is 0.0352. The Morgan fingerprint density at radius 3 is 1.58 bits per heavy atom. The van der Waals surface area contributed by atoms with Gasteiger partial charge in [-0.2, -0.15) is 0 Å². The summed E-state index contributed by atoms with van der Waals surface area (Å²) in [5.41, 5.74) is 1.61. The van der Waals surface area contributed by atoms with Gasteiger partial charge in [0.15, 0.2) is 11.6 Å². The molecule has 0 N–H and O–H groups in total. The Bertz CT molecular complexity index is 1680. The highest BCUT2D eigenvalue weighted by atomic mass is 35.5. The molecule has 2 aliphatic rings. The lowest BCUT2D eigenvalue weighted by atomic mass is 10.0. The second-order valence-corrected chi connectivity index (χ2v) is 11.8. The molecule has 0 amide bonds. The summed E-state index contributed by atoms with van der Waals surface area (Å²) < 4.78 is 31.9. The highest BCUT2D eigenvalue weighted by Gasteiger charge is 2.38. The van der Waals surface area contributed by atoms with Crippen molar-refractivity contribution < 1.29 is 18.6 Å². The zero-order valence-corrected chi connectivity index (χ0v) is 25.3. The molecule has 4 aromatic rings. The Morgan fingerprint density at radius 1 is 0.644 bits per heavy atom. The minimum atomic E-state index is -0.744. The summed E-state index contributed by atoms with van der Waals surface area (Å²) in [4.78, 5) is 27.8. The molecule has 2 aliphatic heterocycles. The van der Waals surface area contributed by atoms with Crippen molar-refractivity contribution in [1.82, 2.24) is 0 Å². The first kappa shape index (κ1) is 30.5. The third kappa shape index (κ3) is 5.97. The molecule has 2 fully saturated rings. The van der Waals surface area contributed by atoms with Gasteiger partial charge in [0.05, 0.1) is 21.9 Å². The topological polar surface area (TPSA) is 96.0 Å². The number of benzene rings is 4. The average Bonchev–Trinajstić information content (AvgIpc) is 3.47. The van der Waals surface area contributed by atoms with Crippen LogP contribution in [-0.4, -0.2) is 36.0 Å². The summed E-state index contributed by atoms with van der Waals surface area (Å²) >= 11 is 12.2. The summed E-state index contributed by atoms with van der Waals surface area (Å²) in [7, 11) is 0. The number of hydrogen-bond acceptors (Lipinski definition) is 7. The highest BCUT2D eigenvalue weighted by Crippen LogP contribution is 2.49. The maximum absolute atomic E-state index is 15.9. The SMILES string of the molecule is O=[N+]([O-])c1cc([C@H]2CC[C@H](c3ccc(Cl)c([N+](=O)[O-])c3)N2c2cc(F)c(N3CCN(c4ccccc4)CC3)c(F)c2)ccc1Cl. The molecule has 9 nitrogen and oxygen atoms in total. The molecule has 0 radical (unpaired) electrons. The first-order chi connectivity index (χ1) is 21.6. The van der Waals surface area contributed by atoms with Gasteiger partial charge in [0.25, 0.3) is 11.4 Å². The third-order valence-corrected chi connectivity index (χ3v) is 9.14. The molecule has 6 rings (SSSR count). The second kappa shape index (κ2) is 12.5. The van der Waals surface area contributed by atoms with Gasteiger partial charge < -0.3 is 14.7 Å². The maximum Gasteiger partial charge on any atom is 0.288 e. The first-order valence-electron chi connectivity index (χ1n) is 14.3. The van der Waals surface area contributed by atoms with Crippen LogP contribution in [-0.2, 0) is 0 Å². The fourth-order valence-corrected chi connectivity index (χ4v) is 6.78. The van der Waals surface area contributed by atoms with Gasteiger partial charge >= 0.3 is 0 Å². The fraction of sp³-hybridized carbons (Fsp3) is 0.250. The molecule has 0 bridgehead atoms. The van der Waals surface area contributed by atoms with E-state index in [9.17, 15) is 20.2 Å². The van der Waals surface area contributed by atoms with Crippen molar-refractivity contribution >= 4 is 51.6 Å². The van der Waals surface area contributed by atoms with E-state index < -0.39 is 33.6 Å². The Balaban J connectivity index is 1.37. The Labute approximate surface area is 267 Å². The number of halogens is 4. The van der Waals surface area contributed by atoms with Gasteiger partial charge in [0.1, 0.15) is 15.7 Å². The largest absolute Gasteiger partial charge is 0.368 e. The number of nitrogens with zero attached hydrogens (tertiary/aromatic N) is 5. The molecule has 0 aliphatic carbocycles. The van der Waals surface area contributed by atoms with Crippen molar-refractivity contribution in [3.05, 3.63) is 132 Å². The zero-order chi connectivity index (χ0) is 31.8. The highest BCUT2D eigenvalue weighted by molar-refractivity contribution is 6.33. The average molecular weight is 655 g/mol. The van der Waals surface area contributed by atoms with Crippen LogP contribution in [0.5, 0.6) is 0 Å². The molecule has 2 heterocycles. The molecule has 13 heteroatoms. The Hall–Kier alpha value is -4.48. The van der Waals surface area contributed by atoms with E-state index >= 15 is 8.78 Å². The van der Waals surface area contributed by atoms with Crippen molar-refractivity contribution in [3.63, 3.8) is 0 Å². The van der Waals surface area contributed by atoms with Crippen LogP contribution in [0.15, 0.2) is 78.9 Å². The van der Waals surface area contributed by atoms with E-state index in [2.05, 4.69) is 4.90 Å². The Morgan fingerprint density at radius 2 is 1.11 bits per heavy atom. The summed E-state index contributed by atoms with van der Waals surface area (Å²) in [5, 5.41) is 23.3. The molecule has 232 valence electrons. The summed E-state index contributed by atoms with van der Waals surface area (Å²) in [6, 6.07) is 20.1. The van der Waals surface area contributed by atoms with Gasteiger partial charge in [-0.1, -0.05) is 53.5 Å². The zero-order valence-electron chi connectivity index (χ0n) is 23.8. The van der Waals surface area contributed by atoms with Gasteiger partial charge in [-0.3, -0.25) is 20.2 Å². The van der Waals surface area contributed by atoms with Gasteiger partial charge in [0.2, 0.25) is 0 Å². The summed E-state index contributed by atoms with van der Waals surface area (Å²) in [6.07, 6.45) is 0.901. The van der Waals surface area contributed by atoms with Crippen LogP contribution < -0.4 is 14.7 Å². The first-order valence-corrected chi connectivity index (χ1v) is 15.1. The monoisotopic (exact) mass is 653 g/mol. The van der Waals surface area contributed by atoms with Crippen molar-refractivity contribution in [1.29, 1.82) is 0 Å². The predicted octanol–water partition coefficient (Wildman–Crippen LogP) is 8.50. The van der Waals surface area contributed by atoms with E-state index in [0.29, 0.717) is 50.1 Å². The number of anilines is 3. The van der Waals surface area contributed by atoms with E-state index in [1.807, 2.05) is 30.3 Å². The van der Waals surface area contributed by atoms with E-state index in [1.54, 1.807) is 21.9 Å². The van der Waals surface area contributed by atoms with Gasteiger partial charge in [-0.25, -0.2) is 8.78 Å². The van der Waals surface area contributed by atoms with Crippen LogP contribution >= 0.6 is 23.2 Å². The van der Waals surface area contributed by atoms with Crippen molar-refractivity contribution in [2.75, 3.05) is 40.9 Å². The maximum atomic E-state index is 15.9. The number of para-hydroxylation sites is 1. The van der Waals surface area contributed by atoms with Gasteiger partial charge in [-0.15, -0.1) is 0 Å². The van der Waals surface area contributed by atoms with Crippen molar-refractivity contribution in [3.8, 4) is 0 Å². The minimum Gasteiger partial charge on any atom is -0.368 e. The van der Waals surface area contributed by atoms with E-state index in [4.69, 9.17) is 23.2 Å². The van der Waals surface area contributed by atoms with Crippen molar-refractivity contribution in [2.45, 2.75) is 24.9 Å². The quantitative estimate of drug-likeness (QED) is 0.146. The van der Waals surface area contributed by atoms with E-state index in [1.165, 1.54) is 36.4 Å². The van der Waals surface area contributed by atoms with E-state index in [0.717, 1.165) is 5.69 Å². The van der Waals surface area contributed by atoms with Crippen LogP contribution in [0.2, 0.25) is 10.0 Å². The molecule has 0 spiro atoms. The fourth-order valence-electron chi connectivity index (χ4n) is 6.41. The number of rotatable bonds is 7. The van der Waals surface area contributed by atoms with E-state index in [-0.39, 0.29) is 32.8 Å².